The van der Waals surface area contributed by atoms with Crippen molar-refractivity contribution in [2.24, 2.45) is 0 Å². The lowest BCUT2D eigenvalue weighted by Gasteiger charge is -2.30. The first kappa shape index (κ1) is 18.1. The van der Waals surface area contributed by atoms with E-state index in [-0.39, 0.29) is 17.6 Å². The lowest BCUT2D eigenvalue weighted by atomic mass is 10.0. The summed E-state index contributed by atoms with van der Waals surface area (Å²) in [5.74, 6) is -0.0903. The van der Waals surface area contributed by atoms with Gasteiger partial charge in [0.2, 0.25) is 0 Å². The van der Waals surface area contributed by atoms with Crippen LogP contribution in [-0.4, -0.2) is 39.5 Å². The number of hydrogen-bond acceptors (Lipinski definition) is 4. The van der Waals surface area contributed by atoms with Crippen LogP contribution >= 0.6 is 11.3 Å². The van der Waals surface area contributed by atoms with E-state index in [1.54, 1.807) is 21.6 Å². The Morgan fingerprint density at radius 3 is 2.59 bits per heavy atom. The first-order valence-corrected chi connectivity index (χ1v) is 10.6. The van der Waals surface area contributed by atoms with E-state index < -0.39 is 0 Å². The van der Waals surface area contributed by atoms with Crippen molar-refractivity contribution in [3.8, 4) is 11.1 Å². The van der Waals surface area contributed by atoms with Crippen molar-refractivity contribution in [2.45, 2.75) is 18.9 Å². The van der Waals surface area contributed by atoms with Gasteiger partial charge in [-0.1, -0.05) is 30.3 Å². The highest BCUT2D eigenvalue weighted by Crippen LogP contribution is 2.30. The number of aliphatic hydroxyl groups excluding tert-OH is 1. The number of likely N-dealkylation sites (tertiary alicyclic amines) is 1. The normalized spacial score (nSPS) is 15.3. The molecule has 0 bridgehead atoms. The number of aromatic nitrogens is 1. The maximum absolute atomic E-state index is 13.5. The van der Waals surface area contributed by atoms with E-state index in [9.17, 15) is 14.7 Å². The molecule has 0 unspecified atom stereocenters. The molecule has 0 saturated carbocycles. The molecule has 5 nitrogen and oxygen atoms in total. The minimum atomic E-state index is -0.349. The molecule has 1 N–H and O–H groups in total. The molecule has 0 radical (unpaired) electrons. The molecule has 0 aliphatic carbocycles. The number of rotatable bonds is 2. The molecule has 0 atom stereocenters. The van der Waals surface area contributed by atoms with Crippen LogP contribution in [0.25, 0.3) is 26.7 Å². The molecule has 1 aliphatic rings. The van der Waals surface area contributed by atoms with Crippen molar-refractivity contribution in [1.82, 2.24) is 9.30 Å². The van der Waals surface area contributed by atoms with Crippen molar-refractivity contribution < 1.29 is 9.90 Å². The van der Waals surface area contributed by atoms with Crippen molar-refractivity contribution in [2.75, 3.05) is 13.1 Å². The number of fused-ring (bicyclic) bond motifs is 3. The molecule has 4 aromatic rings. The van der Waals surface area contributed by atoms with Crippen molar-refractivity contribution in [1.29, 1.82) is 0 Å². The summed E-state index contributed by atoms with van der Waals surface area (Å²) in [5.41, 5.74) is 2.37. The van der Waals surface area contributed by atoms with Crippen LogP contribution in [0.4, 0.5) is 0 Å². The Bertz CT molecular complexity index is 1270. The molecule has 1 aromatic carbocycles. The summed E-state index contributed by atoms with van der Waals surface area (Å²) in [6.07, 6.45) is 2.57. The monoisotopic (exact) mass is 404 g/mol. The SMILES string of the molecule is O=C(c1cc(-c2ccccc2)c(=O)n2ccc3ccsc3c12)N1CCC(O)CC1. The fourth-order valence-electron chi connectivity index (χ4n) is 4.03. The van der Waals surface area contributed by atoms with Gasteiger partial charge in [-0.3, -0.25) is 14.0 Å². The van der Waals surface area contributed by atoms with E-state index in [4.69, 9.17) is 0 Å². The minimum Gasteiger partial charge on any atom is -0.393 e. The Balaban J connectivity index is 1.78. The Labute approximate surface area is 171 Å². The fourth-order valence-corrected chi connectivity index (χ4v) is 4.98. The van der Waals surface area contributed by atoms with E-state index in [1.807, 2.05) is 47.8 Å². The summed E-state index contributed by atoms with van der Waals surface area (Å²) in [4.78, 5) is 28.6. The number of piperidine rings is 1. The van der Waals surface area contributed by atoms with Gasteiger partial charge in [-0.2, -0.15) is 0 Å². The van der Waals surface area contributed by atoms with Crippen LogP contribution in [0.3, 0.4) is 0 Å². The summed E-state index contributed by atoms with van der Waals surface area (Å²) in [5, 5.41) is 12.8. The first-order valence-electron chi connectivity index (χ1n) is 9.72. The summed E-state index contributed by atoms with van der Waals surface area (Å²) in [6.45, 7) is 1.04. The van der Waals surface area contributed by atoms with E-state index in [2.05, 4.69) is 0 Å². The van der Waals surface area contributed by atoms with Crippen molar-refractivity contribution in [3.63, 3.8) is 0 Å². The average Bonchev–Trinajstić information content (AvgIpc) is 3.24. The van der Waals surface area contributed by atoms with Gasteiger partial charge in [0.25, 0.3) is 11.5 Å². The standard InChI is InChI=1S/C23H20N2O3S/c26-17-7-10-24(11-8-17)22(27)19-14-18(15-4-2-1-3-5-15)23(28)25-12-6-16-9-13-29-21(16)20(19)25/h1-6,9,12-14,17,26H,7-8,10-11H2. The predicted octanol–water partition coefficient (Wildman–Crippen LogP) is 3.78. The molecule has 1 amide bonds. The number of pyridine rings is 2. The largest absolute Gasteiger partial charge is 0.393 e. The molecular weight excluding hydrogens is 384 g/mol. The highest BCUT2D eigenvalue weighted by atomic mass is 32.1. The number of benzene rings is 1. The van der Waals surface area contributed by atoms with E-state index >= 15 is 0 Å². The Kier molecular flexibility index (Phi) is 4.45. The summed E-state index contributed by atoms with van der Waals surface area (Å²) < 4.78 is 2.54. The lowest BCUT2D eigenvalue weighted by Crippen LogP contribution is -2.40. The third kappa shape index (κ3) is 3.05. The molecule has 1 fully saturated rings. The average molecular weight is 404 g/mol. The quantitative estimate of drug-likeness (QED) is 0.553. The third-order valence-electron chi connectivity index (χ3n) is 5.61. The molecule has 0 spiro atoms. The number of aliphatic hydroxyl groups is 1. The number of thiophene rings is 1. The Morgan fingerprint density at radius 2 is 1.83 bits per heavy atom. The third-order valence-corrected chi connectivity index (χ3v) is 6.55. The van der Waals surface area contributed by atoms with Gasteiger partial charge in [0, 0.05) is 24.8 Å². The van der Waals surface area contributed by atoms with Gasteiger partial charge in [0.05, 0.1) is 21.9 Å². The van der Waals surface area contributed by atoms with Crippen LogP contribution < -0.4 is 5.56 Å². The second-order valence-electron chi connectivity index (χ2n) is 7.41. The molecule has 6 heteroatoms. The smallest absolute Gasteiger partial charge is 0.263 e. The minimum absolute atomic E-state index is 0.0903. The second kappa shape index (κ2) is 7.13. The highest BCUT2D eigenvalue weighted by molar-refractivity contribution is 7.18. The van der Waals surface area contributed by atoms with Crippen LogP contribution in [0.5, 0.6) is 0 Å². The number of amides is 1. The zero-order chi connectivity index (χ0) is 20.0. The molecule has 146 valence electrons. The van der Waals surface area contributed by atoms with Gasteiger partial charge in [0.1, 0.15) is 0 Å². The van der Waals surface area contributed by atoms with Crippen LogP contribution in [0, 0.1) is 0 Å². The molecular formula is C23H20N2O3S. The maximum atomic E-state index is 13.5. The lowest BCUT2D eigenvalue weighted by molar-refractivity contribution is 0.0548. The number of hydrogen-bond donors (Lipinski definition) is 1. The summed E-state index contributed by atoms with van der Waals surface area (Å²) in [6, 6.07) is 15.1. The molecule has 4 heterocycles. The van der Waals surface area contributed by atoms with Crippen LogP contribution in [0.2, 0.25) is 0 Å². The van der Waals surface area contributed by atoms with Crippen LogP contribution in [0.1, 0.15) is 23.2 Å². The summed E-state index contributed by atoms with van der Waals surface area (Å²) in [7, 11) is 0. The van der Waals surface area contributed by atoms with E-state index in [1.165, 1.54) is 11.3 Å². The number of carbonyl (C=O) groups is 1. The molecule has 5 rings (SSSR count). The topological polar surface area (TPSA) is 62.0 Å². The van der Waals surface area contributed by atoms with E-state index in [0.717, 1.165) is 15.6 Å². The van der Waals surface area contributed by atoms with Gasteiger partial charge in [-0.15, -0.1) is 11.3 Å². The molecule has 3 aromatic heterocycles. The van der Waals surface area contributed by atoms with Gasteiger partial charge >= 0.3 is 0 Å². The van der Waals surface area contributed by atoms with Crippen molar-refractivity contribution in [3.05, 3.63) is 76.0 Å². The molecule has 29 heavy (non-hydrogen) atoms. The molecule has 1 aliphatic heterocycles. The van der Waals surface area contributed by atoms with Gasteiger partial charge in [0.15, 0.2) is 0 Å². The van der Waals surface area contributed by atoms with Crippen molar-refractivity contribution >= 4 is 32.8 Å². The fraction of sp³-hybridized carbons (Fsp3) is 0.217. The number of nitrogens with zero attached hydrogens (tertiary/aromatic N) is 2. The molecule has 1 saturated heterocycles. The first-order chi connectivity index (χ1) is 14.1. The van der Waals surface area contributed by atoms with Gasteiger partial charge < -0.3 is 10.0 Å². The van der Waals surface area contributed by atoms with Gasteiger partial charge in [-0.25, -0.2) is 0 Å². The Hall–Kier alpha value is -2.96. The second-order valence-corrected chi connectivity index (χ2v) is 8.32. The van der Waals surface area contributed by atoms with E-state index in [0.29, 0.717) is 42.6 Å². The maximum Gasteiger partial charge on any atom is 0.263 e. The Morgan fingerprint density at radius 1 is 1.07 bits per heavy atom. The van der Waals surface area contributed by atoms with Crippen LogP contribution in [0.15, 0.2) is 64.9 Å². The van der Waals surface area contributed by atoms with Crippen LogP contribution in [-0.2, 0) is 0 Å². The predicted molar refractivity (Wildman–Crippen MR) is 116 cm³/mol. The highest BCUT2D eigenvalue weighted by Gasteiger charge is 2.26. The zero-order valence-corrected chi connectivity index (χ0v) is 16.6. The zero-order valence-electron chi connectivity index (χ0n) is 15.7. The number of carbonyl (C=O) groups excluding carboxylic acids is 1. The summed E-state index contributed by atoms with van der Waals surface area (Å²) >= 11 is 1.54. The van der Waals surface area contributed by atoms with Gasteiger partial charge in [-0.05, 0) is 47.4 Å².